The van der Waals surface area contributed by atoms with Crippen LogP contribution in [0.25, 0.3) is 0 Å². The predicted octanol–water partition coefficient (Wildman–Crippen LogP) is 2.87. The maximum absolute atomic E-state index is 4.28. The van der Waals surface area contributed by atoms with Crippen molar-refractivity contribution in [2.45, 2.75) is 27.3 Å². The van der Waals surface area contributed by atoms with Crippen molar-refractivity contribution in [1.82, 2.24) is 15.5 Å². The lowest BCUT2D eigenvalue weighted by Gasteiger charge is -2.29. The van der Waals surface area contributed by atoms with Crippen molar-refractivity contribution in [1.29, 1.82) is 0 Å². The Morgan fingerprint density at radius 1 is 1.14 bits per heavy atom. The Morgan fingerprint density at radius 3 is 2.23 bits per heavy atom. The first-order valence-corrected chi connectivity index (χ1v) is 7.47. The maximum Gasteiger partial charge on any atom is 0.191 e. The molecule has 1 aromatic rings. The number of hydrogen-bond donors (Lipinski definition) is 2. The molecule has 4 nitrogen and oxygen atoms in total. The van der Waals surface area contributed by atoms with E-state index in [0.29, 0.717) is 0 Å². The van der Waals surface area contributed by atoms with Crippen LogP contribution in [-0.4, -0.2) is 45.1 Å². The summed E-state index contributed by atoms with van der Waals surface area (Å²) in [6.07, 6.45) is 0. The molecule has 2 N–H and O–H groups in total. The van der Waals surface area contributed by atoms with Gasteiger partial charge in [0, 0.05) is 26.7 Å². The highest BCUT2D eigenvalue weighted by atomic mass is 127. The molecular weight excluding hydrogens is 387 g/mol. The van der Waals surface area contributed by atoms with E-state index < -0.39 is 0 Å². The van der Waals surface area contributed by atoms with E-state index in [4.69, 9.17) is 0 Å². The molecule has 1 rings (SSSR count). The van der Waals surface area contributed by atoms with Crippen LogP contribution >= 0.6 is 24.0 Å². The van der Waals surface area contributed by atoms with Crippen LogP contribution in [0.2, 0.25) is 0 Å². The fourth-order valence-electron chi connectivity index (χ4n) is 2.35. The molecule has 0 atom stereocenters. The van der Waals surface area contributed by atoms with Gasteiger partial charge in [-0.1, -0.05) is 43.7 Å². The fourth-order valence-corrected chi connectivity index (χ4v) is 2.35. The first kappa shape index (κ1) is 21.2. The van der Waals surface area contributed by atoms with Crippen LogP contribution in [0.1, 0.15) is 25.0 Å². The Bertz CT molecular complexity index is 452. The second-order valence-electron chi connectivity index (χ2n) is 6.67. The van der Waals surface area contributed by atoms with Crippen molar-refractivity contribution >= 4 is 29.9 Å². The smallest absolute Gasteiger partial charge is 0.191 e. The van der Waals surface area contributed by atoms with Gasteiger partial charge in [-0.05, 0) is 32.0 Å². The van der Waals surface area contributed by atoms with Crippen LogP contribution in [0.15, 0.2) is 29.3 Å². The molecule has 0 amide bonds. The predicted molar refractivity (Wildman–Crippen MR) is 107 cm³/mol. The fraction of sp³-hybridized carbons (Fsp3) is 0.588. The van der Waals surface area contributed by atoms with E-state index in [-0.39, 0.29) is 29.4 Å². The summed E-state index contributed by atoms with van der Waals surface area (Å²) in [5, 5.41) is 6.77. The van der Waals surface area contributed by atoms with Crippen LogP contribution in [0.4, 0.5) is 0 Å². The first-order valence-electron chi connectivity index (χ1n) is 7.47. The molecule has 0 aliphatic carbocycles. The van der Waals surface area contributed by atoms with Crippen molar-refractivity contribution in [3.05, 3.63) is 35.4 Å². The third-order valence-electron chi connectivity index (χ3n) is 3.28. The third kappa shape index (κ3) is 8.58. The lowest BCUT2D eigenvalue weighted by Crippen LogP contribution is -2.44. The number of rotatable bonds is 6. The zero-order valence-electron chi connectivity index (χ0n) is 14.7. The molecule has 0 radical (unpaired) electrons. The molecule has 0 fully saturated rings. The molecule has 22 heavy (non-hydrogen) atoms. The molecule has 0 bridgehead atoms. The average Bonchev–Trinajstić information content (AvgIpc) is 2.39. The highest BCUT2D eigenvalue weighted by Gasteiger charge is 2.19. The Balaban J connectivity index is 0.00000441. The number of aliphatic imine (C=N–C) groups is 1. The second-order valence-corrected chi connectivity index (χ2v) is 6.67. The standard InChI is InChI=1S/C17H30N4.HI/c1-14-7-9-15(10-8-14)11-19-16(18-4)20-12-17(2,3)13-21(5)6;/h7-10H,11-13H2,1-6H3,(H2,18,19,20);1H. The molecule has 0 aliphatic heterocycles. The molecule has 0 saturated carbocycles. The van der Waals surface area contributed by atoms with Gasteiger partial charge in [-0.3, -0.25) is 4.99 Å². The van der Waals surface area contributed by atoms with Gasteiger partial charge in [0.2, 0.25) is 0 Å². The van der Waals surface area contributed by atoms with Gasteiger partial charge in [0.15, 0.2) is 5.96 Å². The van der Waals surface area contributed by atoms with Crippen molar-refractivity contribution in [3.8, 4) is 0 Å². The summed E-state index contributed by atoms with van der Waals surface area (Å²) >= 11 is 0. The van der Waals surface area contributed by atoms with Gasteiger partial charge in [0.05, 0.1) is 0 Å². The van der Waals surface area contributed by atoms with Gasteiger partial charge in [0.25, 0.3) is 0 Å². The monoisotopic (exact) mass is 418 g/mol. The van der Waals surface area contributed by atoms with E-state index in [1.807, 2.05) is 7.05 Å². The molecule has 0 heterocycles. The minimum absolute atomic E-state index is 0. The van der Waals surface area contributed by atoms with Crippen LogP contribution in [0, 0.1) is 12.3 Å². The average molecular weight is 418 g/mol. The van der Waals surface area contributed by atoms with Crippen molar-refractivity contribution in [3.63, 3.8) is 0 Å². The lowest BCUT2D eigenvalue weighted by atomic mass is 9.93. The second kappa shape index (κ2) is 10.0. The Morgan fingerprint density at radius 2 is 1.73 bits per heavy atom. The molecule has 0 unspecified atom stereocenters. The molecule has 1 aromatic carbocycles. The van der Waals surface area contributed by atoms with Gasteiger partial charge in [0.1, 0.15) is 0 Å². The molecule has 0 spiro atoms. The van der Waals surface area contributed by atoms with Crippen LogP contribution in [0.3, 0.4) is 0 Å². The van der Waals surface area contributed by atoms with E-state index in [0.717, 1.165) is 25.6 Å². The number of benzene rings is 1. The van der Waals surface area contributed by atoms with Gasteiger partial charge in [-0.25, -0.2) is 0 Å². The Kier molecular flexibility index (Phi) is 9.67. The first-order chi connectivity index (χ1) is 9.82. The quantitative estimate of drug-likeness (QED) is 0.424. The zero-order valence-corrected chi connectivity index (χ0v) is 17.1. The van der Waals surface area contributed by atoms with E-state index in [1.165, 1.54) is 11.1 Å². The molecule has 126 valence electrons. The van der Waals surface area contributed by atoms with Gasteiger partial charge < -0.3 is 15.5 Å². The largest absolute Gasteiger partial charge is 0.356 e. The number of nitrogens with one attached hydrogen (secondary N) is 2. The summed E-state index contributed by atoms with van der Waals surface area (Å²) in [5.74, 6) is 0.849. The van der Waals surface area contributed by atoms with E-state index in [1.54, 1.807) is 0 Å². The lowest BCUT2D eigenvalue weighted by molar-refractivity contribution is 0.241. The van der Waals surface area contributed by atoms with Crippen LogP contribution in [0.5, 0.6) is 0 Å². The topological polar surface area (TPSA) is 39.7 Å². The molecule has 0 aliphatic rings. The summed E-state index contributed by atoms with van der Waals surface area (Å²) in [6, 6.07) is 8.55. The van der Waals surface area contributed by atoms with Gasteiger partial charge in [-0.15, -0.1) is 24.0 Å². The van der Waals surface area contributed by atoms with E-state index in [2.05, 4.69) is 79.7 Å². The summed E-state index contributed by atoms with van der Waals surface area (Å²) in [5.41, 5.74) is 2.74. The molecular formula is C17H31IN4. The Labute approximate surface area is 152 Å². The maximum atomic E-state index is 4.28. The highest BCUT2D eigenvalue weighted by Crippen LogP contribution is 2.13. The summed E-state index contributed by atoms with van der Waals surface area (Å²) in [4.78, 5) is 6.50. The number of halogens is 1. The van der Waals surface area contributed by atoms with E-state index in [9.17, 15) is 0 Å². The third-order valence-corrected chi connectivity index (χ3v) is 3.28. The zero-order chi connectivity index (χ0) is 15.9. The molecule has 0 saturated heterocycles. The minimum Gasteiger partial charge on any atom is -0.356 e. The number of hydrogen-bond acceptors (Lipinski definition) is 2. The molecule has 0 aromatic heterocycles. The number of nitrogens with zero attached hydrogens (tertiary/aromatic N) is 2. The van der Waals surface area contributed by atoms with Crippen LogP contribution < -0.4 is 10.6 Å². The SMILES string of the molecule is CN=C(NCc1ccc(C)cc1)NCC(C)(C)CN(C)C.I. The summed E-state index contributed by atoms with van der Waals surface area (Å²) < 4.78 is 0. The van der Waals surface area contributed by atoms with Gasteiger partial charge >= 0.3 is 0 Å². The van der Waals surface area contributed by atoms with Crippen molar-refractivity contribution in [2.75, 3.05) is 34.2 Å². The van der Waals surface area contributed by atoms with Crippen molar-refractivity contribution < 1.29 is 0 Å². The van der Waals surface area contributed by atoms with Gasteiger partial charge in [-0.2, -0.15) is 0 Å². The van der Waals surface area contributed by atoms with Crippen molar-refractivity contribution in [2.24, 2.45) is 10.4 Å². The molecule has 5 heteroatoms. The summed E-state index contributed by atoms with van der Waals surface area (Å²) in [7, 11) is 6.02. The van der Waals surface area contributed by atoms with Crippen LogP contribution in [-0.2, 0) is 6.54 Å². The summed E-state index contributed by atoms with van der Waals surface area (Å²) in [6.45, 7) is 9.33. The minimum atomic E-state index is 0. The normalized spacial score (nSPS) is 12.0. The number of guanidine groups is 1. The highest BCUT2D eigenvalue weighted by molar-refractivity contribution is 14.0. The van der Waals surface area contributed by atoms with E-state index >= 15 is 0 Å². The number of aryl methyl sites for hydroxylation is 1. The Hall–Kier alpha value is -0.820.